The largest absolute Gasteiger partial charge is 0.337 e. The summed E-state index contributed by atoms with van der Waals surface area (Å²) < 4.78 is 12.9. The second kappa shape index (κ2) is 4.72. The molecule has 1 aromatic carbocycles. The fraction of sp³-hybridized carbons (Fsp3) is 0.364. The lowest BCUT2D eigenvalue weighted by molar-refractivity contribution is -0.128. The molecule has 1 fully saturated rings. The summed E-state index contributed by atoms with van der Waals surface area (Å²) in [4.78, 5) is 13.5. The van der Waals surface area contributed by atoms with Crippen LogP contribution in [-0.4, -0.2) is 22.2 Å². The molecule has 0 saturated carbocycles. The number of rotatable bonds is 2. The Morgan fingerprint density at radius 1 is 1.56 bits per heavy atom. The molecule has 5 heteroatoms. The molecule has 1 aliphatic rings. The SMILES string of the molecule is O=C1CC(Br)CN1Cc1ccc(F)c(Cl)c1. The van der Waals surface area contributed by atoms with Gasteiger partial charge in [-0.2, -0.15) is 0 Å². The summed E-state index contributed by atoms with van der Waals surface area (Å²) in [7, 11) is 0. The minimum absolute atomic E-state index is 0.0968. The minimum atomic E-state index is -0.434. The molecule has 2 rings (SSSR count). The highest BCUT2D eigenvalue weighted by atomic mass is 79.9. The molecule has 16 heavy (non-hydrogen) atoms. The van der Waals surface area contributed by atoms with Gasteiger partial charge in [0.15, 0.2) is 0 Å². The van der Waals surface area contributed by atoms with Gasteiger partial charge in [0.25, 0.3) is 0 Å². The molecule has 86 valence electrons. The molecule has 0 radical (unpaired) electrons. The van der Waals surface area contributed by atoms with E-state index in [1.54, 1.807) is 17.0 Å². The lowest BCUT2D eigenvalue weighted by Crippen LogP contribution is -2.24. The molecule has 1 saturated heterocycles. The summed E-state index contributed by atoms with van der Waals surface area (Å²) in [5.41, 5.74) is 0.848. The summed E-state index contributed by atoms with van der Waals surface area (Å²) >= 11 is 9.09. The van der Waals surface area contributed by atoms with Crippen LogP contribution in [-0.2, 0) is 11.3 Å². The van der Waals surface area contributed by atoms with Crippen molar-refractivity contribution < 1.29 is 9.18 Å². The molecule has 1 heterocycles. The third-order valence-electron chi connectivity index (χ3n) is 2.52. The number of amides is 1. The van der Waals surface area contributed by atoms with Gasteiger partial charge in [-0.15, -0.1) is 0 Å². The van der Waals surface area contributed by atoms with E-state index >= 15 is 0 Å². The molecule has 0 N–H and O–H groups in total. The Bertz CT molecular complexity index is 426. The van der Waals surface area contributed by atoms with Crippen LogP contribution in [0.4, 0.5) is 4.39 Å². The number of halogens is 3. The minimum Gasteiger partial charge on any atom is -0.337 e. The normalized spacial score (nSPS) is 20.6. The highest BCUT2D eigenvalue weighted by molar-refractivity contribution is 9.09. The third-order valence-corrected chi connectivity index (χ3v) is 3.43. The maximum absolute atomic E-state index is 12.9. The maximum Gasteiger partial charge on any atom is 0.224 e. The van der Waals surface area contributed by atoms with Crippen molar-refractivity contribution >= 4 is 33.4 Å². The van der Waals surface area contributed by atoms with Crippen LogP contribution in [0.25, 0.3) is 0 Å². The number of hydrogen-bond donors (Lipinski definition) is 0. The van der Waals surface area contributed by atoms with Crippen LogP contribution < -0.4 is 0 Å². The van der Waals surface area contributed by atoms with Crippen molar-refractivity contribution in [2.75, 3.05) is 6.54 Å². The van der Waals surface area contributed by atoms with Gasteiger partial charge in [-0.1, -0.05) is 33.6 Å². The van der Waals surface area contributed by atoms with Gasteiger partial charge in [0, 0.05) is 24.3 Å². The second-order valence-corrected chi connectivity index (χ2v) is 5.53. The first-order chi connectivity index (χ1) is 7.56. The Morgan fingerprint density at radius 2 is 2.31 bits per heavy atom. The average molecular weight is 307 g/mol. The predicted molar refractivity (Wildman–Crippen MR) is 64.2 cm³/mol. The summed E-state index contributed by atoms with van der Waals surface area (Å²) in [6.07, 6.45) is 0.523. The molecule has 1 amide bonds. The van der Waals surface area contributed by atoms with Gasteiger partial charge in [-0.25, -0.2) is 4.39 Å². The fourth-order valence-corrected chi connectivity index (χ4v) is 2.56. The average Bonchev–Trinajstić information content (AvgIpc) is 2.51. The second-order valence-electron chi connectivity index (χ2n) is 3.82. The Balaban J connectivity index is 2.09. The monoisotopic (exact) mass is 305 g/mol. The van der Waals surface area contributed by atoms with Crippen LogP contribution >= 0.6 is 27.5 Å². The molecule has 1 aliphatic heterocycles. The zero-order valence-corrected chi connectivity index (χ0v) is 10.8. The molecule has 1 aromatic rings. The molecule has 1 atom stereocenters. The smallest absolute Gasteiger partial charge is 0.224 e. The van der Waals surface area contributed by atoms with E-state index in [-0.39, 0.29) is 15.8 Å². The molecule has 0 spiro atoms. The summed E-state index contributed by atoms with van der Waals surface area (Å²) in [6.45, 7) is 1.18. The Kier molecular flexibility index (Phi) is 3.50. The zero-order chi connectivity index (χ0) is 11.7. The zero-order valence-electron chi connectivity index (χ0n) is 8.42. The van der Waals surface area contributed by atoms with Gasteiger partial charge in [-0.3, -0.25) is 4.79 Å². The summed E-state index contributed by atoms with van der Waals surface area (Å²) in [5, 5.41) is 0.0968. The van der Waals surface area contributed by atoms with E-state index in [4.69, 9.17) is 11.6 Å². The number of likely N-dealkylation sites (tertiary alicyclic amines) is 1. The first-order valence-corrected chi connectivity index (χ1v) is 6.21. The van der Waals surface area contributed by atoms with Crippen LogP contribution in [0.2, 0.25) is 5.02 Å². The van der Waals surface area contributed by atoms with E-state index < -0.39 is 5.82 Å². The molecule has 2 nitrogen and oxygen atoms in total. The number of carbonyl (C=O) groups excluding carboxylic acids is 1. The Morgan fingerprint density at radius 3 is 2.88 bits per heavy atom. The molecular weight excluding hydrogens is 296 g/mol. The van der Waals surface area contributed by atoms with Crippen LogP contribution in [0, 0.1) is 5.82 Å². The molecule has 0 bridgehead atoms. The maximum atomic E-state index is 12.9. The van der Waals surface area contributed by atoms with Crippen molar-refractivity contribution in [3.05, 3.63) is 34.6 Å². The van der Waals surface area contributed by atoms with Gasteiger partial charge in [-0.05, 0) is 17.7 Å². The lowest BCUT2D eigenvalue weighted by Gasteiger charge is -2.15. The number of carbonyl (C=O) groups is 1. The third kappa shape index (κ3) is 2.55. The van der Waals surface area contributed by atoms with Gasteiger partial charge >= 0.3 is 0 Å². The van der Waals surface area contributed by atoms with Crippen LogP contribution in [0.3, 0.4) is 0 Å². The van der Waals surface area contributed by atoms with Crippen LogP contribution in [0.15, 0.2) is 18.2 Å². The van der Waals surface area contributed by atoms with E-state index in [0.29, 0.717) is 19.5 Å². The van der Waals surface area contributed by atoms with Crippen LogP contribution in [0.1, 0.15) is 12.0 Å². The van der Waals surface area contributed by atoms with Crippen molar-refractivity contribution in [3.63, 3.8) is 0 Å². The van der Waals surface area contributed by atoms with Crippen LogP contribution in [0.5, 0.6) is 0 Å². The van der Waals surface area contributed by atoms with Crippen molar-refractivity contribution in [2.45, 2.75) is 17.8 Å². The standard InChI is InChI=1S/C11H10BrClFNO/c12-8-4-11(16)15(6-8)5-7-1-2-10(14)9(13)3-7/h1-3,8H,4-6H2. The first-order valence-electron chi connectivity index (χ1n) is 4.92. The van der Waals surface area contributed by atoms with Gasteiger partial charge < -0.3 is 4.90 Å². The van der Waals surface area contributed by atoms with E-state index in [1.165, 1.54) is 6.07 Å². The first kappa shape index (κ1) is 11.9. The molecule has 1 unspecified atom stereocenters. The number of nitrogens with zero attached hydrogens (tertiary/aromatic N) is 1. The number of alkyl halides is 1. The summed E-state index contributed by atoms with van der Waals surface area (Å²) in [5.74, 6) is -0.321. The van der Waals surface area contributed by atoms with E-state index in [9.17, 15) is 9.18 Å². The highest BCUT2D eigenvalue weighted by Crippen LogP contribution is 2.22. The van der Waals surface area contributed by atoms with E-state index in [0.717, 1.165) is 5.56 Å². The summed E-state index contributed by atoms with van der Waals surface area (Å²) in [6, 6.07) is 4.53. The topological polar surface area (TPSA) is 20.3 Å². The molecule has 0 aliphatic carbocycles. The van der Waals surface area contributed by atoms with E-state index in [1.807, 2.05) is 0 Å². The Hall–Kier alpha value is -0.610. The van der Waals surface area contributed by atoms with Gasteiger partial charge in [0.05, 0.1) is 5.02 Å². The quantitative estimate of drug-likeness (QED) is 0.769. The van der Waals surface area contributed by atoms with E-state index in [2.05, 4.69) is 15.9 Å². The van der Waals surface area contributed by atoms with Crippen molar-refractivity contribution in [1.29, 1.82) is 0 Å². The predicted octanol–water partition coefficient (Wildman–Crippen LogP) is 2.97. The molecule has 0 aromatic heterocycles. The number of benzene rings is 1. The van der Waals surface area contributed by atoms with Gasteiger partial charge in [0.2, 0.25) is 5.91 Å². The lowest BCUT2D eigenvalue weighted by atomic mass is 10.2. The number of hydrogen-bond acceptors (Lipinski definition) is 1. The van der Waals surface area contributed by atoms with Crippen molar-refractivity contribution in [3.8, 4) is 0 Å². The fourth-order valence-electron chi connectivity index (χ4n) is 1.74. The van der Waals surface area contributed by atoms with Gasteiger partial charge in [0.1, 0.15) is 5.82 Å². The van der Waals surface area contributed by atoms with Crippen molar-refractivity contribution in [2.24, 2.45) is 0 Å². The molecular formula is C11H10BrClFNO. The Labute approximate surface area is 107 Å². The highest BCUT2D eigenvalue weighted by Gasteiger charge is 2.27. The van der Waals surface area contributed by atoms with Crippen molar-refractivity contribution in [1.82, 2.24) is 4.90 Å².